The molecule has 1 amide bonds. The van der Waals surface area contributed by atoms with E-state index in [4.69, 9.17) is 11.6 Å². The molecule has 0 bridgehead atoms. The number of nitrogens with zero attached hydrogens (tertiary/aromatic N) is 2. The second kappa shape index (κ2) is 7.43. The zero-order valence-electron chi connectivity index (χ0n) is 13.0. The Bertz CT molecular complexity index is 644. The predicted molar refractivity (Wildman–Crippen MR) is 94.0 cm³/mol. The predicted octanol–water partition coefficient (Wildman–Crippen LogP) is 3.61. The van der Waals surface area contributed by atoms with Gasteiger partial charge in [-0.25, -0.2) is 4.98 Å². The van der Waals surface area contributed by atoms with Crippen LogP contribution in [0, 0.1) is 5.92 Å². The molecule has 0 aliphatic carbocycles. The number of nitrogens with one attached hydrogen (secondary N) is 1. The number of aromatic nitrogens is 1. The lowest BCUT2D eigenvalue weighted by atomic mass is 9.88. The quantitative estimate of drug-likeness (QED) is 0.858. The van der Waals surface area contributed by atoms with Crippen molar-refractivity contribution in [3.05, 3.63) is 51.4 Å². The molecule has 3 rings (SSSR count). The van der Waals surface area contributed by atoms with Crippen molar-refractivity contribution in [3.63, 3.8) is 0 Å². The number of amides is 1. The van der Waals surface area contributed by atoms with E-state index in [0.29, 0.717) is 29.2 Å². The van der Waals surface area contributed by atoms with Crippen LogP contribution in [0.2, 0.25) is 5.15 Å². The second-order valence-corrected chi connectivity index (χ2v) is 7.29. The summed E-state index contributed by atoms with van der Waals surface area (Å²) < 4.78 is 0. The molecule has 2 aromatic rings. The van der Waals surface area contributed by atoms with Gasteiger partial charge >= 0.3 is 0 Å². The summed E-state index contributed by atoms with van der Waals surface area (Å²) in [4.78, 5) is 20.0. The molecule has 0 saturated carbocycles. The van der Waals surface area contributed by atoms with E-state index >= 15 is 0 Å². The van der Waals surface area contributed by atoms with Gasteiger partial charge in [-0.05, 0) is 55.9 Å². The monoisotopic (exact) mass is 349 g/mol. The fourth-order valence-electron chi connectivity index (χ4n) is 3.22. The summed E-state index contributed by atoms with van der Waals surface area (Å²) >= 11 is 7.55. The Balaban J connectivity index is 1.65. The summed E-state index contributed by atoms with van der Waals surface area (Å²) in [7, 11) is 2.17. The minimum atomic E-state index is -0.0904. The normalized spacial score (nSPS) is 22.0. The molecule has 1 N–H and O–H groups in total. The molecule has 1 aliphatic heterocycles. The van der Waals surface area contributed by atoms with Gasteiger partial charge in [0.05, 0.1) is 5.56 Å². The summed E-state index contributed by atoms with van der Waals surface area (Å²) in [6.07, 6.45) is 3.81. The van der Waals surface area contributed by atoms with E-state index in [1.54, 1.807) is 23.5 Å². The lowest BCUT2D eigenvalue weighted by molar-refractivity contribution is 0.0895. The first-order valence-electron chi connectivity index (χ1n) is 7.78. The third-order valence-corrected chi connectivity index (χ3v) is 5.52. The molecule has 2 aromatic heterocycles. The Labute approximate surface area is 145 Å². The SMILES string of the molecule is CN1CCCC(CNC(=O)c2ccc(Cl)nc2)C1c1cccs1. The van der Waals surface area contributed by atoms with Crippen molar-refractivity contribution in [1.82, 2.24) is 15.2 Å². The Hall–Kier alpha value is -1.43. The largest absolute Gasteiger partial charge is 0.352 e. The minimum Gasteiger partial charge on any atom is -0.352 e. The van der Waals surface area contributed by atoms with Crippen LogP contribution in [0.1, 0.15) is 34.1 Å². The van der Waals surface area contributed by atoms with Crippen LogP contribution in [0.5, 0.6) is 0 Å². The van der Waals surface area contributed by atoms with E-state index < -0.39 is 0 Å². The molecule has 0 aromatic carbocycles. The van der Waals surface area contributed by atoms with E-state index in [0.717, 1.165) is 13.0 Å². The molecule has 0 spiro atoms. The number of piperidine rings is 1. The van der Waals surface area contributed by atoms with E-state index in [9.17, 15) is 4.79 Å². The van der Waals surface area contributed by atoms with Gasteiger partial charge in [0.2, 0.25) is 0 Å². The number of hydrogen-bond donors (Lipinski definition) is 1. The molecule has 1 fully saturated rings. The number of carbonyl (C=O) groups is 1. The fourth-order valence-corrected chi connectivity index (χ4v) is 4.31. The van der Waals surface area contributed by atoms with Crippen molar-refractivity contribution in [1.29, 1.82) is 0 Å². The minimum absolute atomic E-state index is 0.0904. The fraction of sp³-hybridized carbons (Fsp3) is 0.412. The number of halogens is 1. The molecule has 122 valence electrons. The average Bonchev–Trinajstić information content (AvgIpc) is 3.07. The van der Waals surface area contributed by atoms with E-state index in [1.165, 1.54) is 17.5 Å². The average molecular weight is 350 g/mol. The van der Waals surface area contributed by atoms with Gasteiger partial charge in [0.25, 0.3) is 5.91 Å². The van der Waals surface area contributed by atoms with Gasteiger partial charge in [0.1, 0.15) is 5.15 Å². The highest BCUT2D eigenvalue weighted by atomic mass is 35.5. The Morgan fingerprint density at radius 2 is 2.35 bits per heavy atom. The molecule has 1 saturated heterocycles. The maximum absolute atomic E-state index is 12.3. The summed E-state index contributed by atoms with van der Waals surface area (Å²) in [5, 5.41) is 5.57. The number of hydrogen-bond acceptors (Lipinski definition) is 4. The standard InChI is InChI=1S/C17H20ClN3OS/c1-21-8-2-4-12(16(21)14-5-3-9-23-14)10-20-17(22)13-6-7-15(18)19-11-13/h3,5-7,9,11-12,16H,2,4,8,10H2,1H3,(H,20,22). The Kier molecular flexibility index (Phi) is 5.30. The van der Waals surface area contributed by atoms with Gasteiger partial charge in [-0.2, -0.15) is 0 Å². The lowest BCUT2D eigenvalue weighted by Gasteiger charge is -2.38. The van der Waals surface area contributed by atoms with Crippen LogP contribution >= 0.6 is 22.9 Å². The van der Waals surface area contributed by atoms with Crippen LogP contribution in [0.3, 0.4) is 0 Å². The highest BCUT2D eigenvalue weighted by Crippen LogP contribution is 2.36. The molecule has 1 aliphatic rings. The molecule has 0 radical (unpaired) electrons. The zero-order chi connectivity index (χ0) is 16.2. The van der Waals surface area contributed by atoms with Crippen LogP contribution in [0.4, 0.5) is 0 Å². The third-order valence-electron chi connectivity index (χ3n) is 4.36. The number of carbonyl (C=O) groups excluding carboxylic acids is 1. The summed E-state index contributed by atoms with van der Waals surface area (Å²) in [6, 6.07) is 8.01. The summed E-state index contributed by atoms with van der Waals surface area (Å²) in [5.41, 5.74) is 0.547. The molecule has 4 nitrogen and oxygen atoms in total. The molecule has 6 heteroatoms. The number of rotatable bonds is 4. The van der Waals surface area contributed by atoms with Crippen molar-refractivity contribution in [2.75, 3.05) is 20.1 Å². The molecule has 3 heterocycles. The first-order valence-corrected chi connectivity index (χ1v) is 9.04. The Morgan fingerprint density at radius 1 is 1.48 bits per heavy atom. The lowest BCUT2D eigenvalue weighted by Crippen LogP contribution is -2.41. The zero-order valence-corrected chi connectivity index (χ0v) is 14.6. The maximum Gasteiger partial charge on any atom is 0.252 e. The van der Waals surface area contributed by atoms with Crippen molar-refractivity contribution in [2.24, 2.45) is 5.92 Å². The number of likely N-dealkylation sites (tertiary alicyclic amines) is 1. The van der Waals surface area contributed by atoms with Crippen LogP contribution in [0.15, 0.2) is 35.8 Å². The molecule has 2 unspecified atom stereocenters. The van der Waals surface area contributed by atoms with Crippen LogP contribution in [-0.4, -0.2) is 35.9 Å². The molecular formula is C17H20ClN3OS. The number of thiophene rings is 1. The smallest absolute Gasteiger partial charge is 0.252 e. The van der Waals surface area contributed by atoms with Crippen LogP contribution in [0.25, 0.3) is 0 Å². The molecule has 23 heavy (non-hydrogen) atoms. The molecule has 2 atom stereocenters. The first-order chi connectivity index (χ1) is 11.1. The maximum atomic E-state index is 12.3. The summed E-state index contributed by atoms with van der Waals surface area (Å²) in [6.45, 7) is 1.78. The Morgan fingerprint density at radius 3 is 3.04 bits per heavy atom. The van der Waals surface area contributed by atoms with Gasteiger partial charge in [-0.15, -0.1) is 11.3 Å². The van der Waals surface area contributed by atoms with Crippen molar-refractivity contribution >= 4 is 28.8 Å². The van der Waals surface area contributed by atoms with Crippen molar-refractivity contribution in [2.45, 2.75) is 18.9 Å². The van der Waals surface area contributed by atoms with Gasteiger partial charge in [-0.3, -0.25) is 9.69 Å². The highest BCUT2D eigenvalue weighted by molar-refractivity contribution is 7.10. The van der Waals surface area contributed by atoms with Crippen molar-refractivity contribution in [3.8, 4) is 0 Å². The third kappa shape index (κ3) is 3.91. The van der Waals surface area contributed by atoms with Gasteiger partial charge in [-0.1, -0.05) is 17.7 Å². The number of pyridine rings is 1. The van der Waals surface area contributed by atoms with Gasteiger partial charge < -0.3 is 5.32 Å². The topological polar surface area (TPSA) is 45.2 Å². The second-order valence-electron chi connectivity index (χ2n) is 5.92. The van der Waals surface area contributed by atoms with E-state index in [-0.39, 0.29) is 5.91 Å². The van der Waals surface area contributed by atoms with Gasteiger partial charge in [0, 0.05) is 23.7 Å². The van der Waals surface area contributed by atoms with E-state index in [1.807, 2.05) is 0 Å². The van der Waals surface area contributed by atoms with Gasteiger partial charge in [0.15, 0.2) is 0 Å². The van der Waals surface area contributed by atoms with E-state index in [2.05, 4.69) is 39.8 Å². The summed E-state index contributed by atoms with van der Waals surface area (Å²) in [5.74, 6) is 0.337. The van der Waals surface area contributed by atoms with Crippen LogP contribution in [-0.2, 0) is 0 Å². The first kappa shape index (κ1) is 16.4. The van der Waals surface area contributed by atoms with Crippen molar-refractivity contribution < 1.29 is 4.79 Å². The molecular weight excluding hydrogens is 330 g/mol. The highest BCUT2D eigenvalue weighted by Gasteiger charge is 2.31. The van der Waals surface area contributed by atoms with Crippen LogP contribution < -0.4 is 5.32 Å².